The molecule has 0 spiro atoms. The highest BCUT2D eigenvalue weighted by Gasteiger charge is 1.99. The van der Waals surface area contributed by atoms with Gasteiger partial charge in [0.15, 0.2) is 0 Å². The third-order valence-electron chi connectivity index (χ3n) is 0.103. The fraction of sp³-hybridized carbons (Fsp3) is 0. The highest BCUT2D eigenvalue weighted by Crippen LogP contribution is 1.62. The fourth-order valence-electron chi connectivity index (χ4n) is 0. The molecule has 0 bridgehead atoms. The first kappa shape index (κ1) is 5.83. The van der Waals surface area contributed by atoms with Crippen LogP contribution in [0.1, 0.15) is 0 Å². The topological polar surface area (TPSA) is 90.8 Å². The lowest BCUT2D eigenvalue weighted by atomic mass is 13.5. The molecule has 0 aromatic carbocycles. The third kappa shape index (κ3) is 3.83. The Labute approximate surface area is 34.9 Å². The van der Waals surface area contributed by atoms with E-state index in [-0.39, 0.29) is 0 Å². The predicted molar refractivity (Wildman–Crippen MR) is 15.0 cm³/mol. The van der Waals surface area contributed by atoms with Gasteiger partial charge in [-0.2, -0.15) is 8.42 Å². The Morgan fingerprint density at radius 3 is 1.83 bits per heavy atom. The van der Waals surface area contributed by atoms with E-state index in [2.05, 4.69) is 0 Å². The van der Waals surface area contributed by atoms with Gasteiger partial charge in [0.05, 0.1) is 0 Å². The molecule has 0 aliphatic rings. The Hall–Kier alpha value is -0.170. The molecule has 0 saturated carbocycles. The van der Waals surface area contributed by atoms with Crippen molar-refractivity contribution >= 4 is 10.2 Å². The van der Waals surface area contributed by atoms with Crippen LogP contribution in [0.2, 0.25) is 0 Å². The van der Waals surface area contributed by atoms with Crippen LogP contribution in [0.3, 0.4) is 0 Å². The maximum absolute atomic E-state index is 9.14. The molecule has 0 rings (SSSR count). The van der Waals surface area contributed by atoms with Crippen LogP contribution in [0.5, 0.6) is 0 Å². The molecule has 0 fully saturated rings. The maximum Gasteiger partial charge on any atom is 0.352 e. The number of rotatable bonds is 1. The van der Waals surface area contributed by atoms with E-state index in [1.54, 1.807) is 4.89 Å². The summed E-state index contributed by atoms with van der Waals surface area (Å²) < 4.78 is 18.3. The summed E-state index contributed by atoms with van der Waals surface area (Å²) in [4.78, 5) is 1.55. The lowest BCUT2D eigenvalue weighted by Gasteiger charge is -1.75. The molecule has 0 saturated heterocycles. The van der Waals surface area contributed by atoms with Gasteiger partial charge < -0.3 is 0 Å². The van der Waals surface area contributed by atoms with Crippen LogP contribution in [0.4, 0.5) is 0 Å². The molecule has 1 N–H and O–H groups in total. The molecule has 5 nitrogen and oxygen atoms in total. The number of hydrogen-bond acceptors (Lipinski definition) is 3. The van der Waals surface area contributed by atoms with Crippen LogP contribution >= 0.6 is 0 Å². The molecule has 35 valence electrons. The van der Waals surface area contributed by atoms with Gasteiger partial charge >= 0.3 is 10.2 Å². The smallest absolute Gasteiger partial charge is 0.282 e. The molecule has 0 aliphatic carbocycles. The van der Waals surface area contributed by atoms with Gasteiger partial charge in [-0.15, -0.1) is 0 Å². The largest absolute Gasteiger partial charge is 0.352 e. The fourth-order valence-corrected chi connectivity index (χ4v) is 0. The molecule has 6 heavy (non-hydrogen) atoms. The minimum absolute atomic E-state index is 1.55. The Morgan fingerprint density at radius 2 is 1.83 bits per heavy atom. The molecule has 0 atom stereocenters. The minimum Gasteiger partial charge on any atom is -0.282 e. The van der Waals surface area contributed by atoms with Crippen molar-refractivity contribution in [2.75, 3.05) is 0 Å². The van der Waals surface area contributed by atoms with Crippen molar-refractivity contribution in [3.8, 4) is 0 Å². The third-order valence-corrected chi connectivity index (χ3v) is 0.310. The van der Waals surface area contributed by atoms with E-state index in [9.17, 15) is 0 Å². The number of hydrogen-bond donors (Lipinski definition) is 1. The molecule has 0 aliphatic heterocycles. The first-order chi connectivity index (χ1) is 2.56. The highest BCUT2D eigenvalue weighted by molar-refractivity contribution is 7.86. The molecular weight excluding hydrogens is 108 g/mol. The summed E-state index contributed by atoms with van der Waals surface area (Å²) in [6.07, 6.45) is 0. The van der Waals surface area contributed by atoms with Gasteiger partial charge in [-0.1, -0.05) is 0 Å². The van der Waals surface area contributed by atoms with E-state index >= 15 is 0 Å². The molecule has 0 aromatic rings. The van der Waals surface area contributed by atoms with E-state index in [1.807, 2.05) is 0 Å². The Kier molecular flexibility index (Phi) is 1.48. The zero-order valence-electron chi connectivity index (χ0n) is 2.57. The van der Waals surface area contributed by atoms with E-state index in [4.69, 9.17) is 18.8 Å². The zero-order valence-corrected chi connectivity index (χ0v) is 3.38. The van der Waals surface area contributed by atoms with Crippen molar-refractivity contribution < 1.29 is 13.6 Å². The van der Waals surface area contributed by atoms with Gasteiger partial charge in [0.2, 0.25) is 0 Å². The molecule has 6 heteroatoms. The van der Waals surface area contributed by atoms with Gasteiger partial charge in [0.25, 0.3) is 0 Å². The summed E-state index contributed by atoms with van der Waals surface area (Å²) in [6, 6.07) is 0. The standard InChI is InChI=1S/HN2O3S/c1-6(4,5)2-3/h3H. The maximum atomic E-state index is 9.14. The predicted octanol–water partition coefficient (Wildman–Crippen LogP) is -1.71. The summed E-state index contributed by atoms with van der Waals surface area (Å²) >= 11 is 0. The average molecular weight is 109 g/mol. The van der Waals surface area contributed by atoms with E-state index in [0.717, 1.165) is 0 Å². The van der Waals surface area contributed by atoms with E-state index in [1.165, 1.54) is 0 Å². The van der Waals surface area contributed by atoms with Gasteiger partial charge in [-0.25, -0.2) is 0 Å². The SMILES string of the molecule is [N]S(=O)(=O)[N]O. The van der Waals surface area contributed by atoms with Crippen LogP contribution in [-0.4, -0.2) is 13.6 Å². The minimum atomic E-state index is -4.48. The van der Waals surface area contributed by atoms with Crippen molar-refractivity contribution in [3.63, 3.8) is 0 Å². The normalized spacial score (nSPS) is 11.7. The van der Waals surface area contributed by atoms with Crippen LogP contribution in [0, 0.1) is 0 Å². The lowest BCUT2D eigenvalue weighted by molar-refractivity contribution is 0.233. The van der Waals surface area contributed by atoms with Crippen molar-refractivity contribution in [2.45, 2.75) is 0 Å². The van der Waals surface area contributed by atoms with Crippen LogP contribution in [0.25, 0.3) is 0 Å². The van der Waals surface area contributed by atoms with E-state index in [0.29, 0.717) is 0 Å². The summed E-state index contributed by atoms with van der Waals surface area (Å²) in [7, 11) is -4.48. The van der Waals surface area contributed by atoms with Crippen molar-refractivity contribution in [1.82, 2.24) is 10.0 Å². The van der Waals surface area contributed by atoms with Crippen molar-refractivity contribution in [1.29, 1.82) is 0 Å². The van der Waals surface area contributed by atoms with Gasteiger partial charge in [0.1, 0.15) is 0 Å². The zero-order chi connectivity index (χ0) is 5.21. The molecule has 0 amide bonds. The number of nitrogens with zero attached hydrogens (tertiary/aromatic N) is 2. The molecule has 0 unspecified atom stereocenters. The summed E-state index contributed by atoms with van der Waals surface area (Å²) in [5, 5.41) is 14.6. The van der Waals surface area contributed by atoms with Crippen LogP contribution in [-0.2, 0) is 10.2 Å². The van der Waals surface area contributed by atoms with E-state index < -0.39 is 10.2 Å². The second kappa shape index (κ2) is 1.52. The first-order valence-electron chi connectivity index (χ1n) is 0.898. The van der Waals surface area contributed by atoms with Crippen molar-refractivity contribution in [3.05, 3.63) is 0 Å². The summed E-state index contributed by atoms with van der Waals surface area (Å²) in [5.74, 6) is 0. The molecular formula is HN2O3S. The van der Waals surface area contributed by atoms with Crippen LogP contribution in [0.15, 0.2) is 0 Å². The Morgan fingerprint density at radius 1 is 1.67 bits per heavy atom. The lowest BCUT2D eigenvalue weighted by Crippen LogP contribution is -2.11. The van der Waals surface area contributed by atoms with Gasteiger partial charge in [0, 0.05) is 10.0 Å². The Bertz CT molecular complexity index is 111. The van der Waals surface area contributed by atoms with Crippen LogP contribution < -0.4 is 10.0 Å². The second-order valence-corrected chi connectivity index (χ2v) is 1.59. The Balaban J connectivity index is 3.85. The monoisotopic (exact) mass is 109 g/mol. The highest BCUT2D eigenvalue weighted by atomic mass is 32.2. The summed E-state index contributed by atoms with van der Waals surface area (Å²) in [5.41, 5.74) is 0. The quantitative estimate of drug-likeness (QED) is 0.406. The molecule has 0 heterocycles. The van der Waals surface area contributed by atoms with Crippen molar-refractivity contribution in [2.24, 2.45) is 0 Å². The second-order valence-electron chi connectivity index (χ2n) is 0.529. The average Bonchev–Trinajstić information content (AvgIpc) is 1.35. The van der Waals surface area contributed by atoms with Gasteiger partial charge in [-0.05, 0) is 0 Å². The first-order valence-corrected chi connectivity index (χ1v) is 2.30. The molecule has 0 aromatic heterocycles. The molecule has 3 radical (unpaired) electrons. The summed E-state index contributed by atoms with van der Waals surface area (Å²) in [6.45, 7) is 0. The van der Waals surface area contributed by atoms with Gasteiger partial charge in [-0.3, -0.25) is 5.21 Å².